The van der Waals surface area contributed by atoms with Crippen molar-refractivity contribution in [2.24, 2.45) is 0 Å². The molecule has 1 atom stereocenters. The Balaban J connectivity index is 2.75. The SMILES string of the molecule is CC(O[SiH3])c1ccccc1. The van der Waals surface area contributed by atoms with Gasteiger partial charge in [-0.2, -0.15) is 0 Å². The molecule has 0 saturated heterocycles. The van der Waals surface area contributed by atoms with E-state index in [1.807, 2.05) is 18.2 Å². The molecule has 0 aromatic heterocycles. The summed E-state index contributed by atoms with van der Waals surface area (Å²) in [5.41, 5.74) is 1.26. The molecule has 0 aliphatic heterocycles. The Morgan fingerprint density at radius 3 is 2.40 bits per heavy atom. The second-order valence-corrected chi connectivity index (χ2v) is 2.76. The summed E-state index contributed by atoms with van der Waals surface area (Å²) in [5.74, 6) is 0. The molecule has 1 rings (SSSR count). The van der Waals surface area contributed by atoms with Crippen LogP contribution in [-0.2, 0) is 4.43 Å². The lowest BCUT2D eigenvalue weighted by Crippen LogP contribution is -1.95. The summed E-state index contributed by atoms with van der Waals surface area (Å²) < 4.78 is 5.28. The minimum atomic E-state index is 0.271. The van der Waals surface area contributed by atoms with Gasteiger partial charge in [0.2, 0.25) is 0 Å². The van der Waals surface area contributed by atoms with Crippen molar-refractivity contribution in [2.45, 2.75) is 13.0 Å². The van der Waals surface area contributed by atoms with Gasteiger partial charge in [0.25, 0.3) is 0 Å². The van der Waals surface area contributed by atoms with Gasteiger partial charge in [-0.1, -0.05) is 30.3 Å². The van der Waals surface area contributed by atoms with Gasteiger partial charge < -0.3 is 4.43 Å². The Bertz CT molecular complexity index is 186. The zero-order chi connectivity index (χ0) is 7.40. The topological polar surface area (TPSA) is 9.23 Å². The molecule has 1 aromatic carbocycles. The molecule has 1 unspecified atom stereocenters. The van der Waals surface area contributed by atoms with Gasteiger partial charge >= 0.3 is 0 Å². The largest absolute Gasteiger partial charge is 0.421 e. The summed E-state index contributed by atoms with van der Waals surface area (Å²) in [6.07, 6.45) is 0.271. The third kappa shape index (κ3) is 1.69. The first-order valence-electron chi connectivity index (χ1n) is 3.42. The van der Waals surface area contributed by atoms with Crippen LogP contribution in [-0.4, -0.2) is 10.5 Å². The van der Waals surface area contributed by atoms with Crippen LogP contribution in [0, 0.1) is 0 Å². The highest BCUT2D eigenvalue weighted by molar-refractivity contribution is 5.98. The molecule has 0 heterocycles. The molecular formula is C8H12OSi. The Labute approximate surface area is 64.6 Å². The van der Waals surface area contributed by atoms with E-state index in [2.05, 4.69) is 19.1 Å². The second-order valence-electron chi connectivity index (χ2n) is 2.29. The summed E-state index contributed by atoms with van der Waals surface area (Å²) in [7, 11) is 0.808. The first-order chi connectivity index (χ1) is 4.84. The Kier molecular flexibility index (Phi) is 2.65. The Hall–Kier alpha value is -0.603. The molecule has 1 aromatic rings. The van der Waals surface area contributed by atoms with Crippen molar-refractivity contribution in [3.63, 3.8) is 0 Å². The average molecular weight is 152 g/mol. The van der Waals surface area contributed by atoms with Gasteiger partial charge in [0.05, 0.1) is 6.10 Å². The van der Waals surface area contributed by atoms with Gasteiger partial charge in [0, 0.05) is 0 Å². The van der Waals surface area contributed by atoms with Crippen molar-refractivity contribution in [3.05, 3.63) is 35.9 Å². The van der Waals surface area contributed by atoms with Crippen LogP contribution in [0.2, 0.25) is 0 Å². The first kappa shape index (κ1) is 7.50. The van der Waals surface area contributed by atoms with Crippen molar-refractivity contribution >= 4 is 10.5 Å². The third-order valence-corrected chi connectivity index (χ3v) is 2.33. The van der Waals surface area contributed by atoms with Gasteiger partial charge in [-0.05, 0) is 12.5 Å². The molecule has 0 spiro atoms. The predicted molar refractivity (Wildman–Crippen MR) is 45.9 cm³/mol. The number of hydrogen-bond donors (Lipinski definition) is 0. The monoisotopic (exact) mass is 152 g/mol. The zero-order valence-corrected chi connectivity index (χ0v) is 8.37. The molecule has 54 valence electrons. The fourth-order valence-corrected chi connectivity index (χ4v) is 1.13. The van der Waals surface area contributed by atoms with Gasteiger partial charge in [-0.15, -0.1) is 0 Å². The van der Waals surface area contributed by atoms with E-state index in [0.29, 0.717) is 0 Å². The van der Waals surface area contributed by atoms with Crippen LogP contribution in [0.4, 0.5) is 0 Å². The fourth-order valence-electron chi connectivity index (χ4n) is 0.860. The van der Waals surface area contributed by atoms with E-state index in [1.165, 1.54) is 5.56 Å². The third-order valence-electron chi connectivity index (χ3n) is 1.62. The summed E-state index contributed by atoms with van der Waals surface area (Å²) in [5, 5.41) is 0. The molecule has 0 amide bonds. The van der Waals surface area contributed by atoms with E-state index < -0.39 is 0 Å². The molecular weight excluding hydrogens is 140 g/mol. The maximum atomic E-state index is 5.28. The highest BCUT2D eigenvalue weighted by Crippen LogP contribution is 2.13. The Morgan fingerprint density at radius 2 is 1.90 bits per heavy atom. The van der Waals surface area contributed by atoms with E-state index in [1.54, 1.807) is 0 Å². The molecule has 0 radical (unpaired) electrons. The molecule has 0 N–H and O–H groups in total. The van der Waals surface area contributed by atoms with E-state index in [9.17, 15) is 0 Å². The lowest BCUT2D eigenvalue weighted by atomic mass is 10.1. The van der Waals surface area contributed by atoms with Gasteiger partial charge in [0.1, 0.15) is 10.5 Å². The highest BCUT2D eigenvalue weighted by atomic mass is 28.2. The second kappa shape index (κ2) is 3.54. The number of rotatable bonds is 2. The standard InChI is InChI=1S/C8H12OSi/c1-7(9-10)8-5-3-2-4-6-8/h2-7H,1,10H3. The lowest BCUT2D eigenvalue weighted by molar-refractivity contribution is 0.251. The molecule has 0 saturated carbocycles. The summed E-state index contributed by atoms with van der Waals surface area (Å²) >= 11 is 0. The fraction of sp³-hybridized carbons (Fsp3) is 0.250. The maximum absolute atomic E-state index is 5.28. The van der Waals surface area contributed by atoms with Crippen LogP contribution in [0.25, 0.3) is 0 Å². The molecule has 10 heavy (non-hydrogen) atoms. The smallest absolute Gasteiger partial charge is 0.146 e. The van der Waals surface area contributed by atoms with Crippen molar-refractivity contribution in [1.82, 2.24) is 0 Å². The highest BCUT2D eigenvalue weighted by Gasteiger charge is 1.98. The van der Waals surface area contributed by atoms with Crippen molar-refractivity contribution in [3.8, 4) is 0 Å². The van der Waals surface area contributed by atoms with Gasteiger partial charge in [-0.3, -0.25) is 0 Å². The van der Waals surface area contributed by atoms with Crippen LogP contribution in [0.3, 0.4) is 0 Å². The van der Waals surface area contributed by atoms with Crippen LogP contribution in [0.5, 0.6) is 0 Å². The summed E-state index contributed by atoms with van der Waals surface area (Å²) in [6.45, 7) is 2.07. The molecule has 2 heteroatoms. The minimum absolute atomic E-state index is 0.271. The average Bonchev–Trinajstić information content (AvgIpc) is 2.05. The van der Waals surface area contributed by atoms with Crippen LogP contribution in [0.1, 0.15) is 18.6 Å². The summed E-state index contributed by atoms with van der Waals surface area (Å²) in [4.78, 5) is 0. The molecule has 0 bridgehead atoms. The molecule has 1 nitrogen and oxygen atoms in total. The zero-order valence-electron chi connectivity index (χ0n) is 6.37. The van der Waals surface area contributed by atoms with Crippen molar-refractivity contribution in [2.75, 3.05) is 0 Å². The van der Waals surface area contributed by atoms with Crippen molar-refractivity contribution in [1.29, 1.82) is 0 Å². The first-order valence-corrected chi connectivity index (χ1v) is 4.24. The van der Waals surface area contributed by atoms with Gasteiger partial charge in [0.15, 0.2) is 0 Å². The van der Waals surface area contributed by atoms with Crippen LogP contribution >= 0.6 is 0 Å². The van der Waals surface area contributed by atoms with Crippen LogP contribution < -0.4 is 0 Å². The normalized spacial score (nSPS) is 13.3. The summed E-state index contributed by atoms with van der Waals surface area (Å²) in [6, 6.07) is 10.3. The Morgan fingerprint density at radius 1 is 1.30 bits per heavy atom. The molecule has 0 fully saturated rings. The predicted octanol–water partition coefficient (Wildman–Crippen LogP) is 1.04. The minimum Gasteiger partial charge on any atom is -0.421 e. The maximum Gasteiger partial charge on any atom is 0.146 e. The van der Waals surface area contributed by atoms with E-state index in [0.717, 1.165) is 10.5 Å². The van der Waals surface area contributed by atoms with E-state index in [-0.39, 0.29) is 6.10 Å². The van der Waals surface area contributed by atoms with E-state index >= 15 is 0 Å². The lowest BCUT2D eigenvalue weighted by Gasteiger charge is -2.08. The molecule has 0 aliphatic rings. The van der Waals surface area contributed by atoms with Gasteiger partial charge in [-0.25, -0.2) is 0 Å². The molecule has 0 aliphatic carbocycles. The van der Waals surface area contributed by atoms with Crippen molar-refractivity contribution < 1.29 is 4.43 Å². The van der Waals surface area contributed by atoms with Crippen LogP contribution in [0.15, 0.2) is 30.3 Å². The number of benzene rings is 1. The number of hydrogen-bond acceptors (Lipinski definition) is 1. The van der Waals surface area contributed by atoms with E-state index in [4.69, 9.17) is 4.43 Å². The quantitative estimate of drug-likeness (QED) is 0.575.